The number of aromatic amines is 1. The van der Waals surface area contributed by atoms with Crippen LogP contribution in [0.15, 0.2) is 9.95 Å². The van der Waals surface area contributed by atoms with Crippen molar-refractivity contribution in [1.29, 1.82) is 0 Å². The molecule has 1 atom stereocenters. The number of aryl methyl sites for hydroxylation is 2. The summed E-state index contributed by atoms with van der Waals surface area (Å²) in [6, 6.07) is 0. The zero-order valence-corrected chi connectivity index (χ0v) is 15.2. The normalized spacial score (nSPS) is 14.9. The van der Waals surface area contributed by atoms with Crippen LogP contribution in [0.2, 0.25) is 0 Å². The Morgan fingerprint density at radius 3 is 2.88 bits per heavy atom. The van der Waals surface area contributed by atoms with Crippen LogP contribution < -0.4 is 10.9 Å². The molecule has 7 nitrogen and oxygen atoms in total. The van der Waals surface area contributed by atoms with Gasteiger partial charge >= 0.3 is 0 Å². The van der Waals surface area contributed by atoms with Gasteiger partial charge in [0.15, 0.2) is 5.16 Å². The quantitative estimate of drug-likeness (QED) is 0.623. The highest BCUT2D eigenvalue weighted by Crippen LogP contribution is 2.25. The summed E-state index contributed by atoms with van der Waals surface area (Å²) >= 11 is 2.62. The van der Waals surface area contributed by atoms with E-state index in [2.05, 4.69) is 25.5 Å². The fourth-order valence-corrected chi connectivity index (χ4v) is 4.14. The van der Waals surface area contributed by atoms with Gasteiger partial charge in [0.05, 0.1) is 10.9 Å². The molecule has 9 heteroatoms. The number of amides is 1. The maximum absolute atomic E-state index is 12.4. The number of hydrogen-bond acceptors (Lipinski definition) is 7. The number of fused-ring (bicyclic) bond motifs is 1. The third-order valence-corrected chi connectivity index (χ3v) is 5.85. The first-order chi connectivity index (χ1) is 11.6. The second-order valence-corrected chi connectivity index (χ2v) is 8.01. The Balaban J connectivity index is 1.74. The van der Waals surface area contributed by atoms with Crippen molar-refractivity contribution < 1.29 is 4.79 Å². The lowest BCUT2D eigenvalue weighted by atomic mass is 9.97. The number of carbonyl (C=O) groups excluding carboxylic acids is 1. The second kappa shape index (κ2) is 7.43. The van der Waals surface area contributed by atoms with Gasteiger partial charge in [0.2, 0.25) is 11.0 Å². The van der Waals surface area contributed by atoms with E-state index in [1.165, 1.54) is 23.1 Å². The van der Waals surface area contributed by atoms with Crippen LogP contribution in [-0.2, 0) is 17.6 Å². The SMILES string of the molecule is CCC(Sc1nc2c(c(=O)[nH]1)CCCC2)C(=O)Nc1nnc(C)s1. The van der Waals surface area contributed by atoms with Crippen LogP contribution in [0.1, 0.15) is 42.5 Å². The number of anilines is 1. The molecule has 0 saturated heterocycles. The lowest BCUT2D eigenvalue weighted by molar-refractivity contribution is -0.115. The molecule has 128 valence electrons. The third-order valence-electron chi connectivity index (χ3n) is 3.84. The minimum atomic E-state index is -0.348. The van der Waals surface area contributed by atoms with E-state index in [-0.39, 0.29) is 16.7 Å². The first-order valence-electron chi connectivity index (χ1n) is 7.96. The van der Waals surface area contributed by atoms with Crippen molar-refractivity contribution in [2.45, 2.75) is 56.4 Å². The molecule has 24 heavy (non-hydrogen) atoms. The van der Waals surface area contributed by atoms with Gasteiger partial charge in [0.1, 0.15) is 5.01 Å². The monoisotopic (exact) mass is 365 g/mol. The smallest absolute Gasteiger partial charge is 0.254 e. The number of nitrogens with one attached hydrogen (secondary N) is 2. The van der Waals surface area contributed by atoms with Crippen molar-refractivity contribution in [2.75, 3.05) is 5.32 Å². The van der Waals surface area contributed by atoms with Gasteiger partial charge in [-0.2, -0.15) is 0 Å². The van der Waals surface area contributed by atoms with Gasteiger partial charge in [0, 0.05) is 5.56 Å². The van der Waals surface area contributed by atoms with Gasteiger partial charge in [-0.15, -0.1) is 10.2 Å². The van der Waals surface area contributed by atoms with E-state index in [0.29, 0.717) is 16.7 Å². The molecular formula is C15H19N5O2S2. The molecule has 0 spiro atoms. The molecule has 1 amide bonds. The van der Waals surface area contributed by atoms with E-state index >= 15 is 0 Å². The molecule has 0 radical (unpaired) electrons. The van der Waals surface area contributed by atoms with Crippen LogP contribution in [0.25, 0.3) is 0 Å². The Labute approximate surface area is 147 Å². The highest BCUT2D eigenvalue weighted by Gasteiger charge is 2.22. The zero-order chi connectivity index (χ0) is 17.1. The summed E-state index contributed by atoms with van der Waals surface area (Å²) in [5, 5.41) is 12.0. The van der Waals surface area contributed by atoms with E-state index in [1.54, 1.807) is 0 Å². The predicted octanol–water partition coefficient (Wildman–Crippen LogP) is 2.32. The second-order valence-electron chi connectivity index (χ2n) is 5.63. The minimum Gasteiger partial charge on any atom is -0.301 e. The summed E-state index contributed by atoms with van der Waals surface area (Å²) in [5.74, 6) is -0.154. The maximum Gasteiger partial charge on any atom is 0.254 e. The van der Waals surface area contributed by atoms with Crippen molar-refractivity contribution in [2.24, 2.45) is 0 Å². The fourth-order valence-electron chi connectivity index (χ4n) is 2.63. The van der Waals surface area contributed by atoms with Gasteiger partial charge in [-0.05, 0) is 39.0 Å². The number of carbonyl (C=O) groups is 1. The van der Waals surface area contributed by atoms with Gasteiger partial charge in [-0.1, -0.05) is 30.0 Å². The zero-order valence-electron chi connectivity index (χ0n) is 13.6. The van der Waals surface area contributed by atoms with Gasteiger partial charge in [-0.25, -0.2) is 4.98 Å². The summed E-state index contributed by atoms with van der Waals surface area (Å²) in [5.41, 5.74) is 1.60. The van der Waals surface area contributed by atoms with E-state index in [4.69, 9.17) is 0 Å². The summed E-state index contributed by atoms with van der Waals surface area (Å²) in [6.07, 6.45) is 4.33. The number of rotatable bonds is 5. The van der Waals surface area contributed by atoms with Crippen LogP contribution in [0.5, 0.6) is 0 Å². The molecule has 2 heterocycles. The van der Waals surface area contributed by atoms with Crippen LogP contribution in [0.4, 0.5) is 5.13 Å². The number of thioether (sulfide) groups is 1. The van der Waals surface area contributed by atoms with Crippen LogP contribution >= 0.6 is 23.1 Å². The molecule has 0 saturated carbocycles. The predicted molar refractivity (Wildman–Crippen MR) is 94.7 cm³/mol. The number of nitrogens with zero attached hydrogens (tertiary/aromatic N) is 3. The van der Waals surface area contributed by atoms with Crippen LogP contribution in [0.3, 0.4) is 0 Å². The number of H-pyrrole nitrogens is 1. The highest BCUT2D eigenvalue weighted by atomic mass is 32.2. The summed E-state index contributed by atoms with van der Waals surface area (Å²) in [7, 11) is 0. The Hall–Kier alpha value is -1.74. The van der Waals surface area contributed by atoms with E-state index in [0.717, 1.165) is 41.9 Å². The molecule has 1 aliphatic rings. The van der Waals surface area contributed by atoms with Gasteiger partial charge in [-0.3, -0.25) is 14.9 Å². The molecule has 0 bridgehead atoms. The molecule has 2 aromatic rings. The van der Waals surface area contributed by atoms with Crippen LogP contribution in [-0.4, -0.2) is 31.3 Å². The first-order valence-corrected chi connectivity index (χ1v) is 9.66. The molecule has 1 unspecified atom stereocenters. The first kappa shape index (κ1) is 17.1. The van der Waals surface area contributed by atoms with E-state index in [9.17, 15) is 9.59 Å². The molecule has 0 aliphatic heterocycles. The molecule has 3 rings (SSSR count). The standard InChI is InChI=1S/C15H19N5O2S2/c1-3-11(13(22)18-15-20-19-8(2)23-15)24-14-16-10-7-5-4-6-9(10)12(21)17-14/h11H,3-7H2,1-2H3,(H,16,17,21)(H,18,20,22). The molecule has 1 aliphatic carbocycles. The lowest BCUT2D eigenvalue weighted by Crippen LogP contribution is -2.26. The van der Waals surface area contributed by atoms with Gasteiger partial charge < -0.3 is 4.98 Å². The molecule has 2 N–H and O–H groups in total. The molecule has 0 fully saturated rings. The Kier molecular flexibility index (Phi) is 5.30. The number of aromatic nitrogens is 4. The van der Waals surface area contributed by atoms with Crippen molar-refractivity contribution in [1.82, 2.24) is 20.2 Å². The Morgan fingerprint density at radius 1 is 1.38 bits per heavy atom. The maximum atomic E-state index is 12.4. The topological polar surface area (TPSA) is 101 Å². The number of hydrogen-bond donors (Lipinski definition) is 2. The Bertz CT molecular complexity index is 801. The average Bonchev–Trinajstić information content (AvgIpc) is 2.97. The summed E-state index contributed by atoms with van der Waals surface area (Å²) in [4.78, 5) is 32.0. The van der Waals surface area contributed by atoms with Crippen molar-refractivity contribution in [3.63, 3.8) is 0 Å². The molecule has 2 aromatic heterocycles. The van der Waals surface area contributed by atoms with E-state index < -0.39 is 0 Å². The lowest BCUT2D eigenvalue weighted by Gasteiger charge is -2.16. The summed E-state index contributed by atoms with van der Waals surface area (Å²) < 4.78 is 0. The fraction of sp³-hybridized carbons (Fsp3) is 0.533. The van der Waals surface area contributed by atoms with Crippen molar-refractivity contribution >= 4 is 34.1 Å². The average molecular weight is 365 g/mol. The molecule has 0 aromatic carbocycles. The highest BCUT2D eigenvalue weighted by molar-refractivity contribution is 8.00. The Morgan fingerprint density at radius 2 is 2.17 bits per heavy atom. The third kappa shape index (κ3) is 3.84. The summed E-state index contributed by atoms with van der Waals surface area (Å²) in [6.45, 7) is 3.76. The largest absolute Gasteiger partial charge is 0.301 e. The van der Waals surface area contributed by atoms with E-state index in [1.807, 2.05) is 13.8 Å². The van der Waals surface area contributed by atoms with Gasteiger partial charge in [0.25, 0.3) is 5.56 Å². The van der Waals surface area contributed by atoms with Crippen molar-refractivity contribution in [3.05, 3.63) is 26.6 Å². The minimum absolute atomic E-state index is 0.0720. The van der Waals surface area contributed by atoms with Crippen LogP contribution in [0, 0.1) is 6.92 Å². The molecular weight excluding hydrogens is 346 g/mol. The van der Waals surface area contributed by atoms with Crippen molar-refractivity contribution in [3.8, 4) is 0 Å².